The minimum atomic E-state index is -3.52. The van der Waals surface area contributed by atoms with Crippen molar-refractivity contribution >= 4 is 29.0 Å². The van der Waals surface area contributed by atoms with Gasteiger partial charge in [-0.1, -0.05) is 25.1 Å². The van der Waals surface area contributed by atoms with Crippen molar-refractivity contribution < 1.29 is 12.6 Å². The van der Waals surface area contributed by atoms with E-state index in [1.807, 2.05) is 6.92 Å². The molecule has 3 nitrogen and oxygen atoms in total. The predicted octanol–water partition coefficient (Wildman–Crippen LogP) is 1.15. The summed E-state index contributed by atoms with van der Waals surface area (Å²) in [5.74, 6) is 0. The van der Waals surface area contributed by atoms with Crippen LogP contribution in [0.4, 0.5) is 0 Å². The van der Waals surface area contributed by atoms with Gasteiger partial charge in [-0.15, -0.1) is 0 Å². The topological polar surface area (TPSA) is 43.4 Å². The predicted molar refractivity (Wildman–Crippen MR) is 57.0 cm³/mol. The summed E-state index contributed by atoms with van der Waals surface area (Å²) in [6, 6.07) is 8.14. The van der Waals surface area contributed by atoms with Crippen molar-refractivity contribution in [3.63, 3.8) is 0 Å². The molecule has 0 unspecified atom stereocenters. The zero-order valence-electron chi connectivity index (χ0n) is 7.43. The molecule has 0 atom stereocenters. The van der Waals surface area contributed by atoms with Crippen LogP contribution in [0.2, 0.25) is 0 Å². The molecule has 1 aromatic rings. The molecular formula is C9H13LiO3S. The minimum absolute atomic E-state index is 0. The maximum absolute atomic E-state index is 11.4. The molecule has 0 aromatic heterocycles. The number of hydrogen-bond donors (Lipinski definition) is 0. The second-order valence-corrected chi connectivity index (χ2v) is 4.20. The normalized spacial score (nSPS) is 10.6. The van der Waals surface area contributed by atoms with E-state index in [4.69, 9.17) is 4.18 Å². The molecule has 0 saturated heterocycles. The maximum atomic E-state index is 11.4. The SMILES string of the molecule is CCCOS(=O)(=O)c1ccccc1.[LiH]. The molecule has 0 N–H and O–H groups in total. The van der Waals surface area contributed by atoms with Gasteiger partial charge in [0.1, 0.15) is 0 Å². The van der Waals surface area contributed by atoms with Crippen molar-refractivity contribution in [1.29, 1.82) is 0 Å². The summed E-state index contributed by atoms with van der Waals surface area (Å²) in [7, 11) is -3.52. The van der Waals surface area contributed by atoms with Crippen LogP contribution in [0.1, 0.15) is 13.3 Å². The van der Waals surface area contributed by atoms with E-state index in [-0.39, 0.29) is 30.4 Å². The Hall–Kier alpha value is -0.273. The van der Waals surface area contributed by atoms with E-state index >= 15 is 0 Å². The van der Waals surface area contributed by atoms with Gasteiger partial charge in [0.2, 0.25) is 0 Å². The summed E-state index contributed by atoms with van der Waals surface area (Å²) in [5, 5.41) is 0. The van der Waals surface area contributed by atoms with Crippen molar-refractivity contribution in [2.24, 2.45) is 0 Å². The molecule has 1 aromatic carbocycles. The summed E-state index contributed by atoms with van der Waals surface area (Å²) in [6.45, 7) is 2.09. The van der Waals surface area contributed by atoms with Crippen LogP contribution < -0.4 is 0 Å². The first-order valence-electron chi connectivity index (χ1n) is 4.11. The molecule has 0 amide bonds. The second kappa shape index (κ2) is 6.26. The van der Waals surface area contributed by atoms with Gasteiger partial charge in [0.15, 0.2) is 0 Å². The molecule has 1 rings (SSSR count). The van der Waals surface area contributed by atoms with Crippen molar-refractivity contribution in [3.05, 3.63) is 30.3 Å². The van der Waals surface area contributed by atoms with E-state index in [1.165, 1.54) is 12.1 Å². The fraction of sp³-hybridized carbons (Fsp3) is 0.333. The Morgan fingerprint density at radius 3 is 2.29 bits per heavy atom. The van der Waals surface area contributed by atoms with Crippen LogP contribution in [0.15, 0.2) is 35.2 Å². The molecular weight excluding hydrogens is 195 g/mol. The van der Waals surface area contributed by atoms with Crippen molar-refractivity contribution in [2.75, 3.05) is 6.61 Å². The van der Waals surface area contributed by atoms with Gasteiger partial charge >= 0.3 is 18.9 Å². The molecule has 14 heavy (non-hydrogen) atoms. The van der Waals surface area contributed by atoms with Gasteiger partial charge in [-0.3, -0.25) is 4.18 Å². The van der Waals surface area contributed by atoms with Crippen LogP contribution >= 0.6 is 0 Å². The average Bonchev–Trinajstić information content (AvgIpc) is 2.16. The third-order valence-corrected chi connectivity index (χ3v) is 2.80. The Labute approximate surface area is 96.8 Å². The Kier molecular flexibility index (Phi) is 6.13. The molecule has 0 fully saturated rings. The molecule has 0 spiro atoms. The zero-order chi connectivity index (χ0) is 9.73. The van der Waals surface area contributed by atoms with Gasteiger partial charge in [-0.25, -0.2) is 0 Å². The van der Waals surface area contributed by atoms with Crippen LogP contribution in [0, 0.1) is 0 Å². The first-order valence-corrected chi connectivity index (χ1v) is 5.52. The third-order valence-electron chi connectivity index (χ3n) is 1.47. The van der Waals surface area contributed by atoms with E-state index in [1.54, 1.807) is 18.2 Å². The fourth-order valence-electron chi connectivity index (χ4n) is 0.848. The van der Waals surface area contributed by atoms with E-state index in [2.05, 4.69) is 0 Å². The van der Waals surface area contributed by atoms with Gasteiger partial charge in [0.05, 0.1) is 11.5 Å². The van der Waals surface area contributed by atoms with Gasteiger partial charge in [-0.2, -0.15) is 8.42 Å². The molecule has 0 aliphatic carbocycles. The molecule has 0 aliphatic heterocycles. The zero-order valence-corrected chi connectivity index (χ0v) is 8.25. The standard InChI is InChI=1S/C9H12O3S.Li.H/c1-2-8-12-13(10,11)9-6-4-3-5-7-9;;/h3-7H,2,8H2,1H3;;. The summed E-state index contributed by atoms with van der Waals surface area (Å²) in [5.41, 5.74) is 0. The number of benzene rings is 1. The van der Waals surface area contributed by atoms with E-state index in [0.29, 0.717) is 6.42 Å². The fourth-order valence-corrected chi connectivity index (χ4v) is 1.86. The summed E-state index contributed by atoms with van der Waals surface area (Å²) in [6.07, 6.45) is 0.687. The Bertz CT molecular complexity index is 348. The molecule has 0 bridgehead atoms. The Morgan fingerprint density at radius 1 is 1.21 bits per heavy atom. The van der Waals surface area contributed by atoms with Crippen LogP contribution in [-0.4, -0.2) is 33.9 Å². The molecule has 74 valence electrons. The summed E-state index contributed by atoms with van der Waals surface area (Å²) in [4.78, 5) is 0.212. The monoisotopic (exact) mass is 208 g/mol. The first kappa shape index (κ1) is 13.7. The Balaban J connectivity index is 0.00000169. The van der Waals surface area contributed by atoms with Crippen LogP contribution in [0.25, 0.3) is 0 Å². The molecule has 0 radical (unpaired) electrons. The quantitative estimate of drug-likeness (QED) is 0.550. The van der Waals surface area contributed by atoms with Gasteiger partial charge < -0.3 is 0 Å². The van der Waals surface area contributed by atoms with E-state index in [9.17, 15) is 8.42 Å². The van der Waals surface area contributed by atoms with Crippen LogP contribution in [0.3, 0.4) is 0 Å². The van der Waals surface area contributed by atoms with Crippen molar-refractivity contribution in [3.8, 4) is 0 Å². The van der Waals surface area contributed by atoms with Gasteiger partial charge in [-0.05, 0) is 18.6 Å². The van der Waals surface area contributed by atoms with E-state index < -0.39 is 10.1 Å². The second-order valence-electron chi connectivity index (χ2n) is 2.59. The van der Waals surface area contributed by atoms with E-state index in [0.717, 1.165) is 0 Å². The summed E-state index contributed by atoms with van der Waals surface area (Å²) < 4.78 is 27.5. The van der Waals surface area contributed by atoms with Crippen molar-refractivity contribution in [1.82, 2.24) is 0 Å². The summed E-state index contributed by atoms with van der Waals surface area (Å²) >= 11 is 0. The molecule has 0 heterocycles. The first-order chi connectivity index (χ1) is 6.17. The number of hydrogen-bond acceptors (Lipinski definition) is 3. The van der Waals surface area contributed by atoms with Gasteiger partial charge in [0, 0.05) is 0 Å². The molecule has 5 heteroatoms. The van der Waals surface area contributed by atoms with Crippen molar-refractivity contribution in [2.45, 2.75) is 18.2 Å². The molecule has 0 saturated carbocycles. The van der Waals surface area contributed by atoms with Gasteiger partial charge in [0.25, 0.3) is 10.1 Å². The Morgan fingerprint density at radius 2 is 1.79 bits per heavy atom. The average molecular weight is 208 g/mol. The molecule has 0 aliphatic rings. The van der Waals surface area contributed by atoms with Crippen LogP contribution in [-0.2, 0) is 14.3 Å². The number of rotatable bonds is 4. The van der Waals surface area contributed by atoms with Crippen LogP contribution in [0.5, 0.6) is 0 Å². The third kappa shape index (κ3) is 3.85.